The quantitative estimate of drug-likeness (QED) is 0.237. The van der Waals surface area contributed by atoms with Crippen molar-refractivity contribution >= 4 is 16.0 Å². The van der Waals surface area contributed by atoms with Gasteiger partial charge in [-0.2, -0.15) is 0 Å². The average Bonchev–Trinajstić information content (AvgIpc) is 1.72. The van der Waals surface area contributed by atoms with E-state index in [1.54, 1.807) is 0 Å². The maximum atomic E-state index is 4.85. The molecule has 0 aliphatic carbocycles. The van der Waals surface area contributed by atoms with Crippen molar-refractivity contribution in [3.63, 3.8) is 0 Å². The second-order valence-corrected chi connectivity index (χ2v) is 2.24. The van der Waals surface area contributed by atoms with E-state index in [2.05, 4.69) is 6.29 Å². The van der Waals surface area contributed by atoms with Crippen molar-refractivity contribution in [2.75, 3.05) is 0 Å². The predicted molar refractivity (Wildman–Crippen MR) is 25.5 cm³/mol. The molecule has 2 heteroatoms. The van der Waals surface area contributed by atoms with Crippen molar-refractivity contribution < 1.29 is 4.11 Å². The highest BCUT2D eigenvalue weighted by Gasteiger charge is 2.01. The first-order valence-electron chi connectivity index (χ1n) is 2.12. The minimum absolute atomic E-state index is 0.691. The van der Waals surface area contributed by atoms with Crippen LogP contribution >= 0.6 is 0 Å². The summed E-state index contributed by atoms with van der Waals surface area (Å²) < 4.78 is 4.85. The number of carbonyl (C=O) groups excluding carboxylic acids is 1. The molecular weight excluding hydrogens is 92.1 g/mol. The first kappa shape index (κ1) is 4.06. The zero-order valence-electron chi connectivity index (χ0n) is 3.53. The van der Waals surface area contributed by atoms with Gasteiger partial charge in [0.05, 0.1) is 0 Å². The SMILES string of the molecule is [C-]1=[O+][Si]CCC1. The van der Waals surface area contributed by atoms with Gasteiger partial charge >= 0.3 is 9.76 Å². The van der Waals surface area contributed by atoms with Crippen molar-refractivity contribution in [3.8, 4) is 0 Å². The van der Waals surface area contributed by atoms with Gasteiger partial charge < -0.3 is 4.11 Å². The summed E-state index contributed by atoms with van der Waals surface area (Å²) in [5.74, 6) is 0. The first-order valence-corrected chi connectivity index (χ1v) is 3.23. The second kappa shape index (κ2) is 2.13. The van der Waals surface area contributed by atoms with E-state index in [0.717, 1.165) is 6.42 Å². The fourth-order valence-electron chi connectivity index (χ4n) is 0.386. The van der Waals surface area contributed by atoms with Crippen molar-refractivity contribution in [2.24, 2.45) is 0 Å². The Bertz CT molecular complexity index is 52.6. The maximum absolute atomic E-state index is 4.85. The molecule has 0 spiro atoms. The minimum Gasteiger partial charge on any atom is -0.565 e. The van der Waals surface area contributed by atoms with Gasteiger partial charge in [-0.05, 0) is 0 Å². The van der Waals surface area contributed by atoms with Crippen LogP contribution in [-0.2, 0) is 4.11 Å². The molecule has 0 saturated heterocycles. The molecule has 0 unspecified atom stereocenters. The van der Waals surface area contributed by atoms with Crippen LogP contribution in [0.15, 0.2) is 0 Å². The molecule has 0 aromatic rings. The normalized spacial score (nSPS) is 21.3. The van der Waals surface area contributed by atoms with Gasteiger partial charge in [0.2, 0.25) is 0 Å². The second-order valence-electron chi connectivity index (χ2n) is 1.24. The molecule has 0 aromatic carbocycles. The monoisotopic (exact) mass is 98.0 g/mol. The molecule has 1 aliphatic heterocycles. The van der Waals surface area contributed by atoms with Crippen LogP contribution in [0.2, 0.25) is 6.04 Å². The number of hydrogen-bond donors (Lipinski definition) is 0. The molecule has 1 aliphatic rings. The molecule has 1 heterocycles. The predicted octanol–water partition coefficient (Wildman–Crippen LogP) is 0.463. The molecule has 6 heavy (non-hydrogen) atoms. The van der Waals surface area contributed by atoms with Crippen molar-refractivity contribution in [1.29, 1.82) is 0 Å². The molecule has 0 bridgehead atoms. The van der Waals surface area contributed by atoms with E-state index < -0.39 is 0 Å². The van der Waals surface area contributed by atoms with E-state index in [9.17, 15) is 0 Å². The van der Waals surface area contributed by atoms with Crippen LogP contribution in [0, 0.1) is 0 Å². The topological polar surface area (TPSA) is 11.3 Å². The first-order chi connectivity index (χ1) is 3.00. The minimum atomic E-state index is 0.691. The van der Waals surface area contributed by atoms with Gasteiger partial charge in [-0.25, -0.2) is 0 Å². The summed E-state index contributed by atoms with van der Waals surface area (Å²) in [6, 6.07) is 1.24. The van der Waals surface area contributed by atoms with Crippen LogP contribution in [0.3, 0.4) is 0 Å². The van der Waals surface area contributed by atoms with E-state index in [1.165, 1.54) is 12.5 Å². The molecule has 1 rings (SSSR count). The zero-order chi connectivity index (χ0) is 4.24. The van der Waals surface area contributed by atoms with E-state index in [-0.39, 0.29) is 0 Å². The molecule has 0 aromatic heterocycles. The van der Waals surface area contributed by atoms with E-state index >= 15 is 0 Å². The largest absolute Gasteiger partial charge is 0.660 e. The lowest BCUT2D eigenvalue weighted by atomic mass is 10.4. The smallest absolute Gasteiger partial charge is 0.565 e. The summed E-state index contributed by atoms with van der Waals surface area (Å²) in [7, 11) is 0.691. The lowest BCUT2D eigenvalue weighted by Crippen LogP contribution is -1.97. The summed E-state index contributed by atoms with van der Waals surface area (Å²) in [5, 5.41) is 0. The Balaban J connectivity index is 2.26. The highest BCUT2D eigenvalue weighted by Crippen LogP contribution is 1.94. The van der Waals surface area contributed by atoms with Crippen LogP contribution in [0.5, 0.6) is 0 Å². The third-order valence-electron chi connectivity index (χ3n) is 0.702. The lowest BCUT2D eigenvalue weighted by Gasteiger charge is -1.95. The third-order valence-corrected chi connectivity index (χ3v) is 1.55. The Labute approximate surface area is 40.0 Å². The molecule has 0 atom stereocenters. The summed E-state index contributed by atoms with van der Waals surface area (Å²) in [5.41, 5.74) is 0. The highest BCUT2D eigenvalue weighted by atomic mass is 28.2. The van der Waals surface area contributed by atoms with Gasteiger partial charge in [-0.15, -0.1) is 6.42 Å². The van der Waals surface area contributed by atoms with Gasteiger partial charge in [0.25, 0.3) is 0 Å². The van der Waals surface area contributed by atoms with Crippen LogP contribution in [0.1, 0.15) is 12.8 Å². The molecule has 0 N–H and O–H groups in total. The van der Waals surface area contributed by atoms with E-state index in [4.69, 9.17) is 4.11 Å². The Morgan fingerprint density at radius 1 is 1.67 bits per heavy atom. The number of rotatable bonds is 0. The van der Waals surface area contributed by atoms with Gasteiger partial charge in [0.1, 0.15) is 0 Å². The van der Waals surface area contributed by atoms with E-state index in [1.807, 2.05) is 0 Å². The van der Waals surface area contributed by atoms with Crippen LogP contribution in [0.4, 0.5) is 0 Å². The Morgan fingerprint density at radius 2 is 2.67 bits per heavy atom. The van der Waals surface area contributed by atoms with Gasteiger partial charge in [-0.3, -0.25) is 0 Å². The summed E-state index contributed by atoms with van der Waals surface area (Å²) in [6.07, 6.45) is 5.11. The lowest BCUT2D eigenvalue weighted by molar-refractivity contribution is 0.345. The van der Waals surface area contributed by atoms with Gasteiger partial charge in [0, 0.05) is 6.04 Å². The van der Waals surface area contributed by atoms with Crippen LogP contribution < -0.4 is 0 Å². The summed E-state index contributed by atoms with van der Waals surface area (Å²) >= 11 is 0. The van der Waals surface area contributed by atoms with Gasteiger partial charge in [-0.1, -0.05) is 12.7 Å². The summed E-state index contributed by atoms with van der Waals surface area (Å²) in [6.45, 7) is 0. The summed E-state index contributed by atoms with van der Waals surface area (Å²) in [4.78, 5) is 0. The third kappa shape index (κ3) is 0.935. The molecule has 2 radical (unpaired) electrons. The molecule has 0 fully saturated rings. The zero-order valence-corrected chi connectivity index (χ0v) is 4.53. The fraction of sp³-hybridized carbons (Fsp3) is 0.750. The Morgan fingerprint density at radius 3 is 2.83 bits per heavy atom. The van der Waals surface area contributed by atoms with Crippen molar-refractivity contribution in [2.45, 2.75) is 18.9 Å². The van der Waals surface area contributed by atoms with Crippen molar-refractivity contribution in [3.05, 3.63) is 0 Å². The highest BCUT2D eigenvalue weighted by molar-refractivity contribution is 6.26. The molecule has 32 valence electrons. The molecule has 1 nitrogen and oxygen atoms in total. The van der Waals surface area contributed by atoms with Crippen molar-refractivity contribution in [1.82, 2.24) is 0 Å². The maximum Gasteiger partial charge on any atom is 0.660 e. The molecular formula is C4H6OSi. The average molecular weight is 98.2 g/mol. The molecule has 0 saturated carbocycles. The van der Waals surface area contributed by atoms with Gasteiger partial charge in [0.15, 0.2) is 0 Å². The van der Waals surface area contributed by atoms with Crippen LogP contribution in [-0.4, -0.2) is 16.0 Å². The molecule has 0 amide bonds. The Kier molecular flexibility index (Phi) is 1.44. The Hall–Kier alpha value is -0.113. The van der Waals surface area contributed by atoms with Crippen LogP contribution in [0.25, 0.3) is 0 Å². The standard InChI is InChI=1S/C4H6OSi/c1-2-4-6-5-3-1/h1-2,4H2. The van der Waals surface area contributed by atoms with E-state index in [0.29, 0.717) is 9.76 Å². The fourth-order valence-corrected chi connectivity index (χ4v) is 1.01. The number of hydrogen-bond acceptors (Lipinski definition) is 0.